The monoisotopic (exact) mass is 899 g/mol. The number of thioether (sulfide) groups is 1. The Morgan fingerprint density at radius 3 is 2.37 bits per heavy atom. The second-order valence-electron chi connectivity index (χ2n) is 16.0. The minimum absolute atomic E-state index is 0.0101. The number of hydrogen-bond donors (Lipinski definition) is 3. The fraction of sp³-hybridized carbons (Fsp3) is 0.372. The molecule has 0 radical (unpaired) electrons. The van der Waals surface area contributed by atoms with Crippen LogP contribution in [0.25, 0.3) is 0 Å². The average molecular weight is 900 g/mol. The Morgan fingerprint density at radius 1 is 0.903 bits per heavy atom. The van der Waals surface area contributed by atoms with E-state index in [1.54, 1.807) is 38.6 Å². The molecule has 4 aliphatic heterocycles. The summed E-state index contributed by atoms with van der Waals surface area (Å²) in [5, 5.41) is 9.72. The van der Waals surface area contributed by atoms with Crippen LogP contribution in [-0.2, 0) is 18.9 Å². The van der Waals surface area contributed by atoms with Crippen molar-refractivity contribution in [2.75, 3.05) is 81.0 Å². The van der Waals surface area contributed by atoms with Crippen molar-refractivity contribution in [3.05, 3.63) is 83.0 Å². The van der Waals surface area contributed by atoms with E-state index in [0.717, 1.165) is 49.6 Å². The zero-order valence-electron chi connectivity index (χ0n) is 34.6. The molecule has 0 saturated carbocycles. The third-order valence-corrected chi connectivity index (χ3v) is 14.5. The summed E-state index contributed by atoms with van der Waals surface area (Å²) in [6.45, 7) is 8.02. The lowest BCUT2D eigenvalue weighted by Gasteiger charge is -2.43. The minimum Gasteiger partial charge on any atom is -0.494 e. The van der Waals surface area contributed by atoms with Crippen LogP contribution >= 0.6 is 30.5 Å². The number of methoxy groups -OCH3 is 1. The molecule has 0 aliphatic carbocycles. The molecule has 4 aromatic rings. The van der Waals surface area contributed by atoms with Crippen LogP contribution in [0.15, 0.2) is 71.8 Å². The molecule has 5 amide bonds. The molecular weight excluding hydrogens is 853 g/mol. The number of anilines is 5. The molecule has 16 nitrogen and oxygen atoms in total. The van der Waals surface area contributed by atoms with E-state index in [1.807, 2.05) is 41.3 Å². The molecule has 0 bridgehead atoms. The zero-order chi connectivity index (χ0) is 43.7. The van der Waals surface area contributed by atoms with Gasteiger partial charge in [0.15, 0.2) is 5.82 Å². The summed E-state index contributed by atoms with van der Waals surface area (Å²) in [4.78, 5) is 80.9. The van der Waals surface area contributed by atoms with Gasteiger partial charge >= 0.3 is 0 Å². The fourth-order valence-corrected chi connectivity index (χ4v) is 10.5. The Kier molecular flexibility index (Phi) is 12.6. The summed E-state index contributed by atoms with van der Waals surface area (Å²) in [6.07, 6.45) is 3.62. The highest BCUT2D eigenvalue weighted by Crippen LogP contribution is 2.39. The minimum atomic E-state index is -2.57. The quantitative estimate of drug-likeness (QED) is 0.0960. The number of fused-ring (bicyclic) bond motifs is 1. The van der Waals surface area contributed by atoms with E-state index in [2.05, 4.69) is 41.8 Å². The zero-order valence-corrected chi connectivity index (χ0v) is 37.0. The van der Waals surface area contributed by atoms with Crippen LogP contribution in [-0.4, -0.2) is 132 Å². The van der Waals surface area contributed by atoms with E-state index in [-0.39, 0.29) is 35.6 Å². The fourth-order valence-electron chi connectivity index (χ4n) is 8.39. The van der Waals surface area contributed by atoms with Gasteiger partial charge in [-0.2, -0.15) is 4.98 Å². The van der Waals surface area contributed by atoms with Crippen LogP contribution in [0.3, 0.4) is 0 Å². The number of nitrogens with zero attached hydrogens (tertiary/aromatic N) is 6. The van der Waals surface area contributed by atoms with Crippen molar-refractivity contribution >= 4 is 94.2 Å². The number of amides is 5. The van der Waals surface area contributed by atoms with Crippen molar-refractivity contribution in [1.29, 1.82) is 0 Å². The van der Waals surface area contributed by atoms with Gasteiger partial charge in [-0.1, -0.05) is 23.7 Å². The number of benzene rings is 3. The molecule has 3 N–H and O–H groups in total. The smallest absolute Gasteiger partial charge is 0.262 e. The van der Waals surface area contributed by atoms with Crippen LogP contribution in [0.1, 0.15) is 46.4 Å². The van der Waals surface area contributed by atoms with Crippen molar-refractivity contribution in [2.45, 2.75) is 42.7 Å². The summed E-state index contributed by atoms with van der Waals surface area (Å²) in [6, 6.07) is 17.7. The molecular formula is C43H47ClN9O7PS. The second kappa shape index (κ2) is 18.1. The van der Waals surface area contributed by atoms with E-state index < -0.39 is 36.8 Å². The highest BCUT2D eigenvalue weighted by atomic mass is 35.5. The maximum absolute atomic E-state index is 13.3. The third-order valence-electron chi connectivity index (χ3n) is 11.7. The summed E-state index contributed by atoms with van der Waals surface area (Å²) in [5.41, 5.74) is 2.81. The summed E-state index contributed by atoms with van der Waals surface area (Å²) < 4.78 is 18.7. The molecule has 0 spiro atoms. The lowest BCUT2D eigenvalue weighted by Crippen LogP contribution is -2.54. The summed E-state index contributed by atoms with van der Waals surface area (Å²) in [5.74, 6) is -0.667. The van der Waals surface area contributed by atoms with E-state index >= 15 is 0 Å². The van der Waals surface area contributed by atoms with Gasteiger partial charge in [0.2, 0.25) is 23.7 Å². The van der Waals surface area contributed by atoms with E-state index in [4.69, 9.17) is 16.3 Å². The Balaban J connectivity index is 0.806. The summed E-state index contributed by atoms with van der Waals surface area (Å²) in [7, 11) is -0.943. The normalized spacial score (nSPS) is 18.8. The predicted molar refractivity (Wildman–Crippen MR) is 239 cm³/mol. The first kappa shape index (κ1) is 43.2. The lowest BCUT2D eigenvalue weighted by atomic mass is 10.0. The first-order chi connectivity index (χ1) is 29.8. The molecule has 4 aliphatic rings. The van der Waals surface area contributed by atoms with Gasteiger partial charge in [0.25, 0.3) is 11.8 Å². The largest absolute Gasteiger partial charge is 0.494 e. The first-order valence-electron chi connectivity index (χ1n) is 20.4. The van der Waals surface area contributed by atoms with E-state index in [9.17, 15) is 28.5 Å². The van der Waals surface area contributed by atoms with Crippen molar-refractivity contribution in [3.63, 3.8) is 0 Å². The molecule has 3 fully saturated rings. The van der Waals surface area contributed by atoms with Gasteiger partial charge in [-0.25, -0.2) is 4.98 Å². The van der Waals surface area contributed by atoms with Gasteiger partial charge < -0.3 is 29.7 Å². The highest BCUT2D eigenvalue weighted by molar-refractivity contribution is 8.00. The predicted octanol–water partition coefficient (Wildman–Crippen LogP) is 5.18. The van der Waals surface area contributed by atoms with Crippen LogP contribution in [0.4, 0.5) is 28.8 Å². The van der Waals surface area contributed by atoms with Crippen LogP contribution in [0, 0.1) is 0 Å². The molecule has 1 aromatic heterocycles. The lowest BCUT2D eigenvalue weighted by molar-refractivity contribution is -0.136. The van der Waals surface area contributed by atoms with Gasteiger partial charge in [0.05, 0.1) is 41.6 Å². The van der Waals surface area contributed by atoms with E-state index in [0.29, 0.717) is 63.2 Å². The van der Waals surface area contributed by atoms with Crippen molar-refractivity contribution in [3.8, 4) is 5.75 Å². The standard InChI is InChI=1S/C43H47ClN9O7PS/c1-60-35-22-27(8-11-32(35)47-43-45-24-31(44)39(49-43)46-33-6-4-5-7-36(33)61(2,3)59)50-16-14-26(15-17-50)51-18-20-52(21-19-51)38(55)25-62-28-9-10-29-30(23-28)42(58)53(41(29)57)34-12-13-37(54)48-40(34)56/h4-11,22-24,26,34H,12-21,25H2,1-3H3,(H,48,54,56)(H2,45,46,47,49). The number of piperidine rings is 2. The van der Waals surface area contributed by atoms with Crippen LogP contribution in [0.5, 0.6) is 5.75 Å². The molecule has 62 heavy (non-hydrogen) atoms. The van der Waals surface area contributed by atoms with Gasteiger partial charge in [-0.05, 0) is 75.1 Å². The van der Waals surface area contributed by atoms with Crippen molar-refractivity contribution in [1.82, 2.24) is 30.0 Å². The maximum Gasteiger partial charge on any atom is 0.262 e. The number of para-hydroxylation sites is 1. The molecule has 5 heterocycles. The Hall–Kier alpha value is -5.48. The van der Waals surface area contributed by atoms with E-state index in [1.165, 1.54) is 18.0 Å². The number of aromatic nitrogens is 2. The van der Waals surface area contributed by atoms with Crippen molar-refractivity contribution < 1.29 is 33.3 Å². The number of carbonyl (C=O) groups excluding carboxylic acids is 5. The molecule has 19 heteroatoms. The van der Waals surface area contributed by atoms with Gasteiger partial charge in [0.1, 0.15) is 24.0 Å². The number of rotatable bonds is 12. The summed E-state index contributed by atoms with van der Waals surface area (Å²) >= 11 is 7.78. The molecule has 8 rings (SSSR count). The average Bonchev–Trinajstić information content (AvgIpc) is 3.51. The molecule has 324 valence electrons. The first-order valence-corrected chi connectivity index (χ1v) is 24.4. The second-order valence-corrected chi connectivity index (χ2v) is 20.6. The number of piperazine rings is 1. The number of nitrogens with one attached hydrogen (secondary N) is 3. The topological polar surface area (TPSA) is 186 Å². The molecule has 1 atom stereocenters. The van der Waals surface area contributed by atoms with Crippen LogP contribution in [0.2, 0.25) is 5.02 Å². The molecule has 3 saturated heterocycles. The number of ether oxygens (including phenoxy) is 1. The maximum atomic E-state index is 13.3. The third kappa shape index (κ3) is 9.17. The number of imide groups is 2. The van der Waals surface area contributed by atoms with Gasteiger partial charge in [-0.3, -0.25) is 39.1 Å². The molecule has 1 unspecified atom stereocenters. The van der Waals surface area contributed by atoms with Gasteiger partial charge in [0, 0.05) is 73.7 Å². The highest BCUT2D eigenvalue weighted by Gasteiger charge is 2.44. The Labute approximate surface area is 368 Å². The number of carbonyl (C=O) groups is 5. The van der Waals surface area contributed by atoms with Crippen LogP contribution < -0.4 is 30.9 Å². The Bertz CT molecular complexity index is 2490. The number of hydrogen-bond acceptors (Lipinski definition) is 14. The Morgan fingerprint density at radius 2 is 1.65 bits per heavy atom. The number of halogens is 1. The van der Waals surface area contributed by atoms with Gasteiger partial charge in [-0.15, -0.1) is 11.8 Å². The van der Waals surface area contributed by atoms with Crippen molar-refractivity contribution in [2.24, 2.45) is 0 Å². The molecule has 3 aromatic carbocycles. The SMILES string of the molecule is COc1cc(N2CCC(N3CCN(C(=O)CSc4ccc5c(c4)C(=O)N(C4CCC(=O)NC4=O)C5=O)CC3)CC2)ccc1Nc1ncc(Cl)c(Nc2ccccc2P(C)(C)=O)n1.